The molecule has 2 N–H and O–H groups in total. The highest BCUT2D eigenvalue weighted by Crippen LogP contribution is 2.26. The highest BCUT2D eigenvalue weighted by atomic mass is 16.2. The van der Waals surface area contributed by atoms with E-state index in [1.807, 2.05) is 30.0 Å². The zero-order valence-corrected chi connectivity index (χ0v) is 10.7. The van der Waals surface area contributed by atoms with Crippen LogP contribution in [0.3, 0.4) is 0 Å². The van der Waals surface area contributed by atoms with Gasteiger partial charge in [0.05, 0.1) is 5.56 Å². The van der Waals surface area contributed by atoms with Crippen molar-refractivity contribution in [1.82, 2.24) is 4.90 Å². The van der Waals surface area contributed by atoms with E-state index in [9.17, 15) is 4.79 Å². The fourth-order valence-electron chi connectivity index (χ4n) is 2.61. The molecule has 3 nitrogen and oxygen atoms in total. The molecule has 2 rings (SSSR count). The quantitative estimate of drug-likeness (QED) is 0.756. The number of carbonyl (C=O) groups excluding carboxylic acids is 1. The number of hydrogen-bond donors (Lipinski definition) is 1. The molecule has 0 aliphatic carbocycles. The molecule has 92 valence electrons. The van der Waals surface area contributed by atoms with E-state index in [-0.39, 0.29) is 5.91 Å². The molecule has 2 atom stereocenters. The van der Waals surface area contributed by atoms with E-state index in [4.69, 9.17) is 5.73 Å². The Bertz CT molecular complexity index is 442. The van der Waals surface area contributed by atoms with Crippen molar-refractivity contribution in [1.29, 1.82) is 0 Å². The molecule has 17 heavy (non-hydrogen) atoms. The number of aryl methyl sites for hydroxylation is 1. The van der Waals surface area contributed by atoms with Crippen molar-refractivity contribution >= 4 is 11.6 Å². The third-order valence-electron chi connectivity index (χ3n) is 3.48. The molecule has 1 aliphatic heterocycles. The van der Waals surface area contributed by atoms with Gasteiger partial charge in [-0.2, -0.15) is 0 Å². The fourth-order valence-corrected chi connectivity index (χ4v) is 2.61. The largest absolute Gasteiger partial charge is 0.398 e. The van der Waals surface area contributed by atoms with Crippen LogP contribution in [-0.4, -0.2) is 23.4 Å². The highest BCUT2D eigenvalue weighted by Gasteiger charge is 2.31. The zero-order chi connectivity index (χ0) is 12.6. The van der Waals surface area contributed by atoms with Crippen LogP contribution in [0.25, 0.3) is 0 Å². The second-order valence-corrected chi connectivity index (χ2v) is 5.24. The summed E-state index contributed by atoms with van der Waals surface area (Å²) < 4.78 is 0. The van der Waals surface area contributed by atoms with Crippen molar-refractivity contribution in [2.45, 2.75) is 33.2 Å². The van der Waals surface area contributed by atoms with E-state index in [1.165, 1.54) is 0 Å². The number of nitrogen functional groups attached to an aromatic ring is 1. The van der Waals surface area contributed by atoms with E-state index in [2.05, 4.69) is 13.8 Å². The van der Waals surface area contributed by atoms with Crippen LogP contribution in [0.5, 0.6) is 0 Å². The van der Waals surface area contributed by atoms with Crippen LogP contribution < -0.4 is 5.73 Å². The Morgan fingerprint density at radius 3 is 2.65 bits per heavy atom. The van der Waals surface area contributed by atoms with Crippen LogP contribution in [0, 0.1) is 12.8 Å². The van der Waals surface area contributed by atoms with Gasteiger partial charge in [-0.15, -0.1) is 0 Å². The Labute approximate surface area is 103 Å². The first-order chi connectivity index (χ1) is 7.99. The number of nitrogens with zero attached hydrogens (tertiary/aromatic N) is 1. The van der Waals surface area contributed by atoms with Gasteiger partial charge in [0.1, 0.15) is 0 Å². The molecule has 1 saturated heterocycles. The molecule has 1 amide bonds. The van der Waals surface area contributed by atoms with Crippen LogP contribution in [0.4, 0.5) is 5.69 Å². The summed E-state index contributed by atoms with van der Waals surface area (Å²) in [4.78, 5) is 14.3. The SMILES string of the molecule is Cc1ccc(C(=O)N2CC(C)CC2C)c(N)c1. The number of nitrogens with two attached hydrogens (primary N) is 1. The molecule has 3 heteroatoms. The molecule has 0 spiro atoms. The zero-order valence-electron chi connectivity index (χ0n) is 10.7. The van der Waals surface area contributed by atoms with Crippen molar-refractivity contribution in [3.8, 4) is 0 Å². The number of likely N-dealkylation sites (tertiary alicyclic amines) is 1. The molecule has 0 aromatic heterocycles. The summed E-state index contributed by atoms with van der Waals surface area (Å²) in [6.07, 6.45) is 1.08. The van der Waals surface area contributed by atoms with Crippen LogP contribution in [0.15, 0.2) is 18.2 Å². The molecule has 1 fully saturated rings. The Morgan fingerprint density at radius 1 is 1.41 bits per heavy atom. The van der Waals surface area contributed by atoms with Gasteiger partial charge in [-0.25, -0.2) is 0 Å². The normalized spacial score (nSPS) is 24.1. The fraction of sp³-hybridized carbons (Fsp3) is 0.500. The van der Waals surface area contributed by atoms with Gasteiger partial charge in [0, 0.05) is 18.3 Å². The maximum absolute atomic E-state index is 12.4. The average molecular weight is 232 g/mol. The van der Waals surface area contributed by atoms with Gasteiger partial charge in [-0.3, -0.25) is 4.79 Å². The van der Waals surface area contributed by atoms with E-state index < -0.39 is 0 Å². The highest BCUT2D eigenvalue weighted by molar-refractivity contribution is 5.99. The topological polar surface area (TPSA) is 46.3 Å². The predicted molar refractivity (Wildman–Crippen MR) is 69.9 cm³/mol. The van der Waals surface area contributed by atoms with Gasteiger partial charge in [-0.1, -0.05) is 13.0 Å². The second kappa shape index (κ2) is 4.40. The van der Waals surface area contributed by atoms with Crippen molar-refractivity contribution in [2.24, 2.45) is 5.92 Å². The molecule has 1 aromatic rings. The first-order valence-electron chi connectivity index (χ1n) is 6.16. The second-order valence-electron chi connectivity index (χ2n) is 5.24. The Hall–Kier alpha value is -1.51. The average Bonchev–Trinajstić information content (AvgIpc) is 2.57. The third kappa shape index (κ3) is 2.28. The summed E-state index contributed by atoms with van der Waals surface area (Å²) in [6, 6.07) is 5.95. The van der Waals surface area contributed by atoms with Crippen molar-refractivity contribution in [3.05, 3.63) is 29.3 Å². The smallest absolute Gasteiger partial charge is 0.256 e. The van der Waals surface area contributed by atoms with Crippen LogP contribution in [-0.2, 0) is 0 Å². The number of anilines is 1. The third-order valence-corrected chi connectivity index (χ3v) is 3.48. The molecule has 1 aliphatic rings. The van der Waals surface area contributed by atoms with Crippen molar-refractivity contribution in [3.63, 3.8) is 0 Å². The maximum Gasteiger partial charge on any atom is 0.256 e. The Balaban J connectivity index is 2.25. The lowest BCUT2D eigenvalue weighted by Gasteiger charge is -2.22. The maximum atomic E-state index is 12.4. The lowest BCUT2D eigenvalue weighted by molar-refractivity contribution is 0.0745. The van der Waals surface area contributed by atoms with Crippen LogP contribution in [0.1, 0.15) is 36.2 Å². The van der Waals surface area contributed by atoms with Gasteiger partial charge in [0.15, 0.2) is 0 Å². The Kier molecular flexibility index (Phi) is 3.09. The minimum atomic E-state index is 0.0688. The standard InChI is InChI=1S/C14H20N2O/c1-9-4-5-12(13(15)7-9)14(17)16-8-10(2)6-11(16)3/h4-5,7,10-11H,6,8,15H2,1-3H3. The van der Waals surface area contributed by atoms with Crippen molar-refractivity contribution in [2.75, 3.05) is 12.3 Å². The lowest BCUT2D eigenvalue weighted by atomic mass is 10.1. The minimum Gasteiger partial charge on any atom is -0.398 e. The Morgan fingerprint density at radius 2 is 2.12 bits per heavy atom. The van der Waals surface area contributed by atoms with Crippen LogP contribution in [0.2, 0.25) is 0 Å². The van der Waals surface area contributed by atoms with Gasteiger partial charge in [0.25, 0.3) is 5.91 Å². The molecule has 1 aromatic carbocycles. The van der Waals surface area contributed by atoms with Gasteiger partial charge in [0.2, 0.25) is 0 Å². The van der Waals surface area contributed by atoms with Gasteiger partial charge < -0.3 is 10.6 Å². The van der Waals surface area contributed by atoms with Crippen LogP contribution >= 0.6 is 0 Å². The molecular formula is C14H20N2O. The summed E-state index contributed by atoms with van der Waals surface area (Å²) in [6.45, 7) is 7.10. The first-order valence-corrected chi connectivity index (χ1v) is 6.16. The summed E-state index contributed by atoms with van der Waals surface area (Å²) in [7, 11) is 0. The van der Waals surface area contributed by atoms with Crippen molar-refractivity contribution < 1.29 is 4.79 Å². The van der Waals surface area contributed by atoms with E-state index in [0.717, 1.165) is 18.5 Å². The van der Waals surface area contributed by atoms with E-state index >= 15 is 0 Å². The molecule has 0 radical (unpaired) electrons. The summed E-state index contributed by atoms with van der Waals surface area (Å²) in [5.41, 5.74) is 8.23. The number of benzene rings is 1. The molecule has 1 heterocycles. The molecule has 2 unspecified atom stereocenters. The first kappa shape index (κ1) is 12.0. The number of hydrogen-bond acceptors (Lipinski definition) is 2. The summed E-state index contributed by atoms with van der Waals surface area (Å²) in [5, 5.41) is 0. The minimum absolute atomic E-state index is 0.0688. The van der Waals surface area contributed by atoms with E-state index in [0.29, 0.717) is 23.2 Å². The predicted octanol–water partition coefficient (Wildman–Crippen LogP) is 2.45. The molecule has 0 saturated carbocycles. The summed E-state index contributed by atoms with van der Waals surface area (Å²) in [5.74, 6) is 0.653. The number of amides is 1. The summed E-state index contributed by atoms with van der Waals surface area (Å²) >= 11 is 0. The lowest BCUT2D eigenvalue weighted by Crippen LogP contribution is -2.34. The molecular weight excluding hydrogens is 212 g/mol. The van der Waals surface area contributed by atoms with E-state index in [1.54, 1.807) is 0 Å². The van der Waals surface area contributed by atoms with Gasteiger partial charge >= 0.3 is 0 Å². The van der Waals surface area contributed by atoms with Gasteiger partial charge in [-0.05, 0) is 43.9 Å². The monoisotopic (exact) mass is 232 g/mol. The number of carbonyl (C=O) groups is 1. The molecule has 0 bridgehead atoms. The number of rotatable bonds is 1.